The Morgan fingerprint density at radius 1 is 1.29 bits per heavy atom. The van der Waals surface area contributed by atoms with Gasteiger partial charge in [-0.1, -0.05) is 12.1 Å². The lowest BCUT2D eigenvalue weighted by molar-refractivity contribution is -0.122. The number of nitrogens with one attached hydrogen (secondary N) is 3. The van der Waals surface area contributed by atoms with Crippen molar-refractivity contribution >= 4 is 5.91 Å². The molecule has 2 aliphatic rings. The highest BCUT2D eigenvalue weighted by atomic mass is 16.5. The second-order valence-electron chi connectivity index (χ2n) is 7.01. The second-order valence-corrected chi connectivity index (χ2v) is 7.01. The number of carbonyl (C=O) groups excluding carboxylic acids is 1. The summed E-state index contributed by atoms with van der Waals surface area (Å²) in [6, 6.07) is 8.08. The van der Waals surface area contributed by atoms with Gasteiger partial charge in [0, 0.05) is 13.1 Å². The predicted molar refractivity (Wildman–Crippen MR) is 95.3 cm³/mol. The molecule has 1 aromatic carbocycles. The molecule has 0 radical (unpaired) electrons. The molecule has 1 amide bonds. The zero-order valence-electron chi connectivity index (χ0n) is 14.6. The third kappa shape index (κ3) is 4.28. The summed E-state index contributed by atoms with van der Waals surface area (Å²) < 4.78 is 5.44. The van der Waals surface area contributed by atoms with Crippen molar-refractivity contribution in [1.29, 1.82) is 0 Å². The molecule has 5 heteroatoms. The largest absolute Gasteiger partial charge is 0.494 e. The normalized spacial score (nSPS) is 22.5. The van der Waals surface area contributed by atoms with Crippen LogP contribution in [0.4, 0.5) is 0 Å². The molecule has 1 atom stereocenters. The summed E-state index contributed by atoms with van der Waals surface area (Å²) >= 11 is 0. The first-order valence-corrected chi connectivity index (χ1v) is 9.14. The van der Waals surface area contributed by atoms with Crippen molar-refractivity contribution in [2.24, 2.45) is 5.41 Å². The summed E-state index contributed by atoms with van der Waals surface area (Å²) in [4.78, 5) is 12.4. The molecule has 24 heavy (non-hydrogen) atoms. The third-order valence-corrected chi connectivity index (χ3v) is 5.29. The molecule has 0 aromatic heterocycles. The standard InChI is InChI=1S/C19H29N3O2/c1-2-24-16-5-3-15(4-6-16)7-10-21-18(23)17-13-19(14-22-17)8-11-20-12-9-19/h3-6,17,20,22H,2,7-14H2,1H3,(H,21,23)/t17-/m0/s1. The van der Waals surface area contributed by atoms with Gasteiger partial charge in [-0.05, 0) is 68.8 Å². The van der Waals surface area contributed by atoms with Crippen LogP contribution < -0.4 is 20.7 Å². The van der Waals surface area contributed by atoms with Crippen LogP contribution in [-0.2, 0) is 11.2 Å². The number of piperidine rings is 1. The average Bonchev–Trinajstić information content (AvgIpc) is 3.01. The molecule has 2 fully saturated rings. The van der Waals surface area contributed by atoms with Crippen LogP contribution in [0.1, 0.15) is 31.7 Å². The van der Waals surface area contributed by atoms with Crippen LogP contribution in [0, 0.1) is 5.41 Å². The highest BCUT2D eigenvalue weighted by molar-refractivity contribution is 5.82. The minimum absolute atomic E-state index is 0.0246. The lowest BCUT2D eigenvalue weighted by Crippen LogP contribution is -2.41. The predicted octanol–water partition coefficient (Wildman–Crippen LogP) is 1.48. The number of hydrogen-bond donors (Lipinski definition) is 3. The van der Waals surface area contributed by atoms with Gasteiger partial charge in [0.05, 0.1) is 12.6 Å². The van der Waals surface area contributed by atoms with Gasteiger partial charge in [-0.15, -0.1) is 0 Å². The van der Waals surface area contributed by atoms with Gasteiger partial charge in [-0.3, -0.25) is 4.79 Å². The average molecular weight is 331 g/mol. The van der Waals surface area contributed by atoms with E-state index in [1.54, 1.807) is 0 Å². The van der Waals surface area contributed by atoms with Gasteiger partial charge in [0.15, 0.2) is 0 Å². The van der Waals surface area contributed by atoms with Gasteiger partial charge in [0.1, 0.15) is 5.75 Å². The molecular formula is C19H29N3O2. The van der Waals surface area contributed by atoms with E-state index in [0.717, 1.165) is 38.2 Å². The lowest BCUT2D eigenvalue weighted by Gasteiger charge is -2.33. The number of benzene rings is 1. The minimum atomic E-state index is -0.0246. The van der Waals surface area contributed by atoms with Crippen molar-refractivity contribution in [2.45, 2.75) is 38.6 Å². The van der Waals surface area contributed by atoms with Crippen LogP contribution in [0.5, 0.6) is 5.75 Å². The zero-order chi connectivity index (χ0) is 16.8. The van der Waals surface area contributed by atoms with E-state index in [0.29, 0.717) is 18.6 Å². The molecule has 5 nitrogen and oxygen atoms in total. The molecule has 0 saturated carbocycles. The van der Waals surface area contributed by atoms with Crippen LogP contribution in [0.15, 0.2) is 24.3 Å². The Morgan fingerprint density at radius 2 is 2.04 bits per heavy atom. The van der Waals surface area contributed by atoms with E-state index in [-0.39, 0.29) is 11.9 Å². The Labute approximate surface area is 144 Å². The zero-order valence-corrected chi connectivity index (χ0v) is 14.6. The first-order chi connectivity index (χ1) is 11.7. The fourth-order valence-corrected chi connectivity index (χ4v) is 3.81. The number of carbonyl (C=O) groups is 1. The highest BCUT2D eigenvalue weighted by Gasteiger charge is 2.41. The van der Waals surface area contributed by atoms with Crippen LogP contribution in [0.25, 0.3) is 0 Å². The molecule has 1 aromatic rings. The van der Waals surface area contributed by atoms with Gasteiger partial charge in [-0.2, -0.15) is 0 Å². The Kier molecular flexibility index (Phi) is 5.74. The number of ether oxygens (including phenoxy) is 1. The van der Waals surface area contributed by atoms with Crippen LogP contribution in [0.2, 0.25) is 0 Å². The summed E-state index contributed by atoms with van der Waals surface area (Å²) in [6.07, 6.45) is 4.18. The fraction of sp³-hybridized carbons (Fsp3) is 0.632. The summed E-state index contributed by atoms with van der Waals surface area (Å²) in [6.45, 7) is 6.47. The van der Waals surface area contributed by atoms with Crippen molar-refractivity contribution in [2.75, 3.05) is 32.8 Å². The van der Waals surface area contributed by atoms with E-state index in [4.69, 9.17) is 4.74 Å². The maximum absolute atomic E-state index is 12.4. The van der Waals surface area contributed by atoms with E-state index < -0.39 is 0 Å². The third-order valence-electron chi connectivity index (χ3n) is 5.29. The molecular weight excluding hydrogens is 302 g/mol. The molecule has 2 heterocycles. The fourth-order valence-electron chi connectivity index (χ4n) is 3.81. The molecule has 2 aliphatic heterocycles. The van der Waals surface area contributed by atoms with Crippen molar-refractivity contribution < 1.29 is 9.53 Å². The number of hydrogen-bond acceptors (Lipinski definition) is 4. The molecule has 0 unspecified atom stereocenters. The summed E-state index contributed by atoms with van der Waals surface area (Å²) in [7, 11) is 0. The Morgan fingerprint density at radius 3 is 2.75 bits per heavy atom. The number of rotatable bonds is 6. The Balaban J connectivity index is 1.41. The summed E-state index contributed by atoms with van der Waals surface area (Å²) in [5, 5.41) is 9.92. The minimum Gasteiger partial charge on any atom is -0.494 e. The van der Waals surface area contributed by atoms with Crippen molar-refractivity contribution in [3.63, 3.8) is 0 Å². The molecule has 3 rings (SSSR count). The van der Waals surface area contributed by atoms with Crippen molar-refractivity contribution in [3.8, 4) is 5.75 Å². The van der Waals surface area contributed by atoms with Gasteiger partial charge in [0.2, 0.25) is 5.91 Å². The van der Waals surface area contributed by atoms with Gasteiger partial charge in [0.25, 0.3) is 0 Å². The van der Waals surface area contributed by atoms with Crippen LogP contribution in [0.3, 0.4) is 0 Å². The summed E-state index contributed by atoms with van der Waals surface area (Å²) in [5.41, 5.74) is 1.55. The Bertz CT molecular complexity index is 538. The smallest absolute Gasteiger partial charge is 0.237 e. The monoisotopic (exact) mass is 331 g/mol. The van der Waals surface area contributed by atoms with Gasteiger partial charge in [-0.25, -0.2) is 0 Å². The van der Waals surface area contributed by atoms with Crippen LogP contribution in [-0.4, -0.2) is 44.7 Å². The van der Waals surface area contributed by atoms with Crippen LogP contribution >= 0.6 is 0 Å². The molecule has 1 spiro atoms. The highest BCUT2D eigenvalue weighted by Crippen LogP contribution is 2.37. The molecule has 2 saturated heterocycles. The Hall–Kier alpha value is -1.59. The van der Waals surface area contributed by atoms with E-state index in [2.05, 4.69) is 28.1 Å². The first-order valence-electron chi connectivity index (χ1n) is 9.14. The van der Waals surface area contributed by atoms with Crippen molar-refractivity contribution in [1.82, 2.24) is 16.0 Å². The van der Waals surface area contributed by atoms with Gasteiger partial charge < -0.3 is 20.7 Å². The maximum atomic E-state index is 12.4. The summed E-state index contributed by atoms with van der Waals surface area (Å²) in [5.74, 6) is 1.05. The number of amides is 1. The molecule has 132 valence electrons. The van der Waals surface area contributed by atoms with Crippen molar-refractivity contribution in [3.05, 3.63) is 29.8 Å². The molecule has 3 N–H and O–H groups in total. The topological polar surface area (TPSA) is 62.4 Å². The second kappa shape index (κ2) is 7.99. The quantitative estimate of drug-likeness (QED) is 0.739. The van der Waals surface area contributed by atoms with E-state index >= 15 is 0 Å². The van der Waals surface area contributed by atoms with E-state index in [1.165, 1.54) is 18.4 Å². The molecule has 0 aliphatic carbocycles. The first kappa shape index (κ1) is 17.2. The maximum Gasteiger partial charge on any atom is 0.237 e. The SMILES string of the molecule is CCOc1ccc(CCNC(=O)[C@@H]2CC3(CCNCC3)CN2)cc1. The molecule has 0 bridgehead atoms. The lowest BCUT2D eigenvalue weighted by atomic mass is 9.77. The van der Waals surface area contributed by atoms with Gasteiger partial charge >= 0.3 is 0 Å². The van der Waals surface area contributed by atoms with E-state index in [9.17, 15) is 4.79 Å². The van der Waals surface area contributed by atoms with E-state index in [1.807, 2.05) is 19.1 Å².